The first-order valence-electron chi connectivity index (χ1n) is 6.62. The molecule has 0 aromatic heterocycles. The highest BCUT2D eigenvalue weighted by atomic mass is 19.4. The molecule has 0 aliphatic rings. The number of carbonyl (C=O) groups excluding carboxylic acids is 3. The maximum atomic E-state index is 13.0. The van der Waals surface area contributed by atoms with Crippen molar-refractivity contribution in [3.63, 3.8) is 0 Å². The van der Waals surface area contributed by atoms with Crippen molar-refractivity contribution in [3.8, 4) is 0 Å². The van der Waals surface area contributed by atoms with Crippen LogP contribution < -0.4 is 16.0 Å². The van der Waals surface area contributed by atoms with E-state index < -0.39 is 36.5 Å². The molecule has 0 saturated heterocycles. The molecular formula is C14H16F3N3O3. The van der Waals surface area contributed by atoms with Crippen molar-refractivity contribution in [2.75, 3.05) is 13.1 Å². The van der Waals surface area contributed by atoms with Gasteiger partial charge in [-0.1, -0.05) is 30.3 Å². The van der Waals surface area contributed by atoms with Gasteiger partial charge in [0.25, 0.3) is 0 Å². The van der Waals surface area contributed by atoms with Gasteiger partial charge in [-0.25, -0.2) is 0 Å². The molecule has 0 spiro atoms. The molecule has 0 heterocycles. The number of rotatable bonds is 6. The summed E-state index contributed by atoms with van der Waals surface area (Å²) in [6.45, 7) is 0.218. The quantitative estimate of drug-likeness (QED) is 0.716. The number of amides is 3. The summed E-state index contributed by atoms with van der Waals surface area (Å²) in [5.41, 5.74) is -0.113. The van der Waals surface area contributed by atoms with E-state index in [2.05, 4.69) is 10.6 Å². The Labute approximate surface area is 130 Å². The fourth-order valence-electron chi connectivity index (χ4n) is 1.66. The van der Waals surface area contributed by atoms with Crippen LogP contribution in [-0.4, -0.2) is 37.0 Å². The zero-order valence-electron chi connectivity index (χ0n) is 12.2. The summed E-state index contributed by atoms with van der Waals surface area (Å²) in [6, 6.07) is 4.73. The smallest absolute Gasteiger partial charge is 0.347 e. The average Bonchev–Trinajstić information content (AvgIpc) is 2.48. The second-order valence-corrected chi connectivity index (χ2v) is 4.64. The van der Waals surface area contributed by atoms with Crippen LogP contribution in [0.5, 0.6) is 0 Å². The van der Waals surface area contributed by atoms with E-state index in [1.165, 1.54) is 31.2 Å². The highest BCUT2D eigenvalue weighted by molar-refractivity contribution is 5.87. The highest BCUT2D eigenvalue weighted by Gasteiger charge is 2.41. The molecule has 1 aromatic carbocycles. The molecule has 3 N–H and O–H groups in total. The van der Waals surface area contributed by atoms with Crippen molar-refractivity contribution in [1.29, 1.82) is 0 Å². The number of hydrogen-bond donors (Lipinski definition) is 3. The molecule has 0 bridgehead atoms. The molecule has 3 amide bonds. The van der Waals surface area contributed by atoms with Crippen molar-refractivity contribution in [3.05, 3.63) is 35.9 Å². The standard InChI is InChI=1S/C14H16F3N3O3/c1-9(21)18-7-11(22)19-8-12(23)20-13(14(15,16)17)10-5-3-2-4-6-10/h2-6,13H,7-8H2,1H3,(H,18,21)(H,19,22)(H,20,23). The molecule has 1 aromatic rings. The Kier molecular flexibility index (Phi) is 6.55. The Morgan fingerprint density at radius 2 is 1.57 bits per heavy atom. The van der Waals surface area contributed by atoms with E-state index in [1.807, 2.05) is 5.32 Å². The Morgan fingerprint density at radius 3 is 2.09 bits per heavy atom. The van der Waals surface area contributed by atoms with Gasteiger partial charge in [0.2, 0.25) is 17.7 Å². The SMILES string of the molecule is CC(=O)NCC(=O)NCC(=O)NC(c1ccccc1)C(F)(F)F. The Bertz CT molecular complexity index is 561. The van der Waals surface area contributed by atoms with Crippen LogP contribution in [0, 0.1) is 0 Å². The summed E-state index contributed by atoms with van der Waals surface area (Å²) in [5.74, 6) is -2.11. The molecule has 6 nitrogen and oxygen atoms in total. The first kappa shape index (κ1) is 18.5. The summed E-state index contributed by atoms with van der Waals surface area (Å²) in [5, 5.41) is 6.14. The summed E-state index contributed by atoms with van der Waals surface area (Å²) >= 11 is 0. The van der Waals surface area contributed by atoms with Crippen LogP contribution in [0.3, 0.4) is 0 Å². The van der Waals surface area contributed by atoms with Crippen LogP contribution in [0.4, 0.5) is 13.2 Å². The van der Waals surface area contributed by atoms with Crippen molar-refractivity contribution < 1.29 is 27.6 Å². The first-order chi connectivity index (χ1) is 10.7. The zero-order chi connectivity index (χ0) is 17.5. The predicted octanol–water partition coefficient (Wildman–Crippen LogP) is 0.659. The minimum absolute atomic E-state index is 0.113. The van der Waals surface area contributed by atoms with Crippen LogP contribution >= 0.6 is 0 Å². The van der Waals surface area contributed by atoms with E-state index >= 15 is 0 Å². The lowest BCUT2D eigenvalue weighted by Gasteiger charge is -2.22. The van der Waals surface area contributed by atoms with Gasteiger partial charge in [-0.2, -0.15) is 13.2 Å². The topological polar surface area (TPSA) is 87.3 Å². The third-order valence-corrected chi connectivity index (χ3v) is 2.71. The van der Waals surface area contributed by atoms with Gasteiger partial charge in [0, 0.05) is 6.92 Å². The minimum Gasteiger partial charge on any atom is -0.347 e. The van der Waals surface area contributed by atoms with Crippen LogP contribution in [0.15, 0.2) is 30.3 Å². The number of nitrogens with one attached hydrogen (secondary N) is 3. The van der Waals surface area contributed by atoms with E-state index in [4.69, 9.17) is 0 Å². The molecule has 1 unspecified atom stereocenters. The molecule has 1 rings (SSSR count). The monoisotopic (exact) mass is 331 g/mol. The van der Waals surface area contributed by atoms with Gasteiger partial charge in [0.1, 0.15) is 0 Å². The van der Waals surface area contributed by atoms with Crippen molar-refractivity contribution >= 4 is 17.7 Å². The summed E-state index contributed by atoms with van der Waals surface area (Å²) < 4.78 is 39.1. The van der Waals surface area contributed by atoms with E-state index in [-0.39, 0.29) is 12.1 Å². The van der Waals surface area contributed by atoms with E-state index in [1.54, 1.807) is 6.07 Å². The van der Waals surface area contributed by atoms with Gasteiger partial charge < -0.3 is 16.0 Å². The molecule has 9 heteroatoms. The largest absolute Gasteiger partial charge is 0.412 e. The van der Waals surface area contributed by atoms with Crippen LogP contribution in [0.2, 0.25) is 0 Å². The molecule has 0 radical (unpaired) electrons. The third-order valence-electron chi connectivity index (χ3n) is 2.71. The molecule has 0 aliphatic heterocycles. The van der Waals surface area contributed by atoms with E-state index in [9.17, 15) is 27.6 Å². The first-order valence-corrected chi connectivity index (χ1v) is 6.62. The summed E-state index contributed by atoms with van der Waals surface area (Å²) in [4.78, 5) is 33.5. The lowest BCUT2D eigenvalue weighted by molar-refractivity contribution is -0.163. The molecular weight excluding hydrogens is 315 g/mol. The lowest BCUT2D eigenvalue weighted by atomic mass is 10.1. The second-order valence-electron chi connectivity index (χ2n) is 4.64. The second kappa shape index (κ2) is 8.16. The van der Waals surface area contributed by atoms with Crippen molar-refractivity contribution in [2.45, 2.75) is 19.1 Å². The highest BCUT2D eigenvalue weighted by Crippen LogP contribution is 2.32. The van der Waals surface area contributed by atoms with Crippen LogP contribution in [0.1, 0.15) is 18.5 Å². The summed E-state index contributed by atoms with van der Waals surface area (Å²) in [6.07, 6.45) is -4.67. The van der Waals surface area contributed by atoms with Crippen molar-refractivity contribution in [1.82, 2.24) is 16.0 Å². The number of hydrogen-bond acceptors (Lipinski definition) is 3. The molecule has 23 heavy (non-hydrogen) atoms. The zero-order valence-corrected chi connectivity index (χ0v) is 12.2. The van der Waals surface area contributed by atoms with Crippen molar-refractivity contribution in [2.24, 2.45) is 0 Å². The van der Waals surface area contributed by atoms with Gasteiger partial charge in [-0.15, -0.1) is 0 Å². The number of carbonyl (C=O) groups is 3. The Balaban J connectivity index is 2.58. The fourth-order valence-corrected chi connectivity index (χ4v) is 1.66. The molecule has 0 saturated carbocycles. The van der Waals surface area contributed by atoms with Gasteiger partial charge >= 0.3 is 6.18 Å². The van der Waals surface area contributed by atoms with Gasteiger partial charge in [-0.3, -0.25) is 14.4 Å². The predicted molar refractivity (Wildman–Crippen MR) is 75.1 cm³/mol. The molecule has 1 atom stereocenters. The normalized spacial score (nSPS) is 12.2. The van der Waals surface area contributed by atoms with Crippen LogP contribution in [-0.2, 0) is 14.4 Å². The third kappa shape index (κ3) is 6.81. The lowest BCUT2D eigenvalue weighted by Crippen LogP contribution is -2.45. The molecule has 0 fully saturated rings. The fraction of sp³-hybridized carbons (Fsp3) is 0.357. The van der Waals surface area contributed by atoms with Gasteiger partial charge in [0.05, 0.1) is 13.1 Å². The average molecular weight is 331 g/mol. The number of halogens is 3. The Morgan fingerprint density at radius 1 is 1.00 bits per heavy atom. The van der Waals surface area contributed by atoms with Crippen LogP contribution in [0.25, 0.3) is 0 Å². The minimum atomic E-state index is -4.67. The number of alkyl halides is 3. The molecule has 0 aliphatic carbocycles. The number of benzene rings is 1. The summed E-state index contributed by atoms with van der Waals surface area (Å²) in [7, 11) is 0. The maximum absolute atomic E-state index is 13.0. The van der Waals surface area contributed by atoms with Gasteiger partial charge in [-0.05, 0) is 5.56 Å². The molecule has 126 valence electrons. The van der Waals surface area contributed by atoms with E-state index in [0.29, 0.717) is 0 Å². The van der Waals surface area contributed by atoms with Gasteiger partial charge in [0.15, 0.2) is 6.04 Å². The van der Waals surface area contributed by atoms with E-state index in [0.717, 1.165) is 0 Å². The Hall–Kier alpha value is -2.58. The maximum Gasteiger partial charge on any atom is 0.412 e.